The normalized spacial score (nSPS) is 11.0. The second kappa shape index (κ2) is 7.68. The van der Waals surface area contributed by atoms with E-state index in [1.165, 1.54) is 22.9 Å². The van der Waals surface area contributed by atoms with Crippen LogP contribution in [-0.4, -0.2) is 9.55 Å². The van der Waals surface area contributed by atoms with Crippen molar-refractivity contribution in [2.45, 2.75) is 63.4 Å². The first-order chi connectivity index (χ1) is 11.0. The Morgan fingerprint density at radius 1 is 1.09 bits per heavy atom. The molecule has 0 fully saturated rings. The fraction of sp³-hybridized carbons (Fsp3) is 0.444. The SMILES string of the molecule is CCCCn1c(Sc2cc(C)cc(C)c2)c(CC)c(=O)[nH]c1=O. The molecule has 0 bridgehead atoms. The van der Waals surface area contributed by atoms with Gasteiger partial charge < -0.3 is 0 Å². The van der Waals surface area contributed by atoms with Crippen molar-refractivity contribution in [3.05, 3.63) is 55.7 Å². The molecule has 2 rings (SSSR count). The minimum atomic E-state index is -0.312. The highest BCUT2D eigenvalue weighted by molar-refractivity contribution is 7.99. The van der Waals surface area contributed by atoms with Crippen molar-refractivity contribution >= 4 is 11.8 Å². The van der Waals surface area contributed by atoms with Crippen LogP contribution in [0.1, 0.15) is 43.4 Å². The molecule has 0 aliphatic rings. The van der Waals surface area contributed by atoms with E-state index in [0.29, 0.717) is 18.5 Å². The van der Waals surface area contributed by atoms with Gasteiger partial charge in [0.2, 0.25) is 0 Å². The topological polar surface area (TPSA) is 54.9 Å². The summed E-state index contributed by atoms with van der Waals surface area (Å²) in [5.74, 6) is 0. The fourth-order valence-electron chi connectivity index (χ4n) is 2.64. The molecule has 0 spiro atoms. The number of unbranched alkanes of at least 4 members (excludes halogenated alkanes) is 1. The van der Waals surface area contributed by atoms with E-state index in [-0.39, 0.29) is 11.2 Å². The third-order valence-electron chi connectivity index (χ3n) is 3.74. The van der Waals surface area contributed by atoms with Crippen LogP contribution in [0.5, 0.6) is 0 Å². The van der Waals surface area contributed by atoms with Crippen molar-refractivity contribution in [2.75, 3.05) is 0 Å². The molecule has 0 radical (unpaired) electrons. The zero-order valence-corrected chi connectivity index (χ0v) is 15.0. The molecule has 0 aliphatic heterocycles. The second-order valence-corrected chi connectivity index (χ2v) is 6.89. The van der Waals surface area contributed by atoms with E-state index in [9.17, 15) is 9.59 Å². The highest BCUT2D eigenvalue weighted by Crippen LogP contribution is 2.30. The quantitative estimate of drug-likeness (QED) is 0.821. The number of H-pyrrole nitrogens is 1. The molecule has 23 heavy (non-hydrogen) atoms. The van der Waals surface area contributed by atoms with Crippen LogP contribution in [0.15, 0.2) is 37.7 Å². The van der Waals surface area contributed by atoms with Gasteiger partial charge in [0.05, 0.1) is 5.03 Å². The maximum Gasteiger partial charge on any atom is 0.329 e. The molecular formula is C18H24N2O2S. The smallest absolute Gasteiger partial charge is 0.288 e. The van der Waals surface area contributed by atoms with E-state index in [1.807, 2.05) is 6.92 Å². The Balaban J connectivity index is 2.57. The zero-order chi connectivity index (χ0) is 17.0. The van der Waals surface area contributed by atoms with Gasteiger partial charge in [-0.2, -0.15) is 0 Å². The monoisotopic (exact) mass is 332 g/mol. The molecule has 0 unspecified atom stereocenters. The van der Waals surface area contributed by atoms with E-state index in [4.69, 9.17) is 0 Å². The number of nitrogens with one attached hydrogen (secondary N) is 1. The van der Waals surface area contributed by atoms with Crippen LogP contribution in [0.4, 0.5) is 0 Å². The lowest BCUT2D eigenvalue weighted by molar-refractivity contribution is 0.546. The van der Waals surface area contributed by atoms with Crippen LogP contribution >= 0.6 is 11.8 Å². The molecule has 2 aromatic rings. The Morgan fingerprint density at radius 3 is 2.30 bits per heavy atom. The van der Waals surface area contributed by atoms with Crippen molar-refractivity contribution in [3.63, 3.8) is 0 Å². The number of hydrogen-bond donors (Lipinski definition) is 1. The lowest BCUT2D eigenvalue weighted by atomic mass is 10.2. The molecular weight excluding hydrogens is 308 g/mol. The molecule has 0 atom stereocenters. The van der Waals surface area contributed by atoms with Crippen LogP contribution in [0, 0.1) is 13.8 Å². The molecule has 0 amide bonds. The standard InChI is InChI=1S/C18H24N2O2S/c1-5-7-8-20-17(15(6-2)16(21)19-18(20)22)23-14-10-12(3)9-13(4)11-14/h9-11H,5-8H2,1-4H3,(H,19,21,22). The maximum absolute atomic E-state index is 12.3. The summed E-state index contributed by atoms with van der Waals surface area (Å²) in [5.41, 5.74) is 2.46. The molecule has 1 aromatic carbocycles. The molecule has 0 aliphatic carbocycles. The van der Waals surface area contributed by atoms with Gasteiger partial charge in [-0.15, -0.1) is 0 Å². The fourth-order valence-corrected chi connectivity index (χ4v) is 4.00. The summed E-state index contributed by atoms with van der Waals surface area (Å²) in [4.78, 5) is 27.9. The molecule has 0 saturated heterocycles. The summed E-state index contributed by atoms with van der Waals surface area (Å²) in [6, 6.07) is 6.30. The van der Waals surface area contributed by atoms with Crippen molar-refractivity contribution < 1.29 is 0 Å². The van der Waals surface area contributed by atoms with Crippen LogP contribution < -0.4 is 11.2 Å². The van der Waals surface area contributed by atoms with Gasteiger partial charge in [0.1, 0.15) is 0 Å². The number of rotatable bonds is 6. The molecule has 0 saturated carbocycles. The summed E-state index contributed by atoms with van der Waals surface area (Å²) < 4.78 is 1.71. The molecule has 1 aromatic heterocycles. The molecule has 4 nitrogen and oxygen atoms in total. The number of aromatic nitrogens is 2. The Bertz CT molecular complexity index is 785. The Kier molecular flexibility index (Phi) is 5.88. The molecule has 124 valence electrons. The van der Waals surface area contributed by atoms with Gasteiger partial charge in [-0.1, -0.05) is 38.1 Å². The minimum Gasteiger partial charge on any atom is -0.288 e. The van der Waals surface area contributed by atoms with Crippen molar-refractivity contribution in [3.8, 4) is 0 Å². The number of aryl methyl sites for hydroxylation is 2. The summed E-state index contributed by atoms with van der Waals surface area (Å²) >= 11 is 1.52. The first kappa shape index (κ1) is 17.6. The van der Waals surface area contributed by atoms with E-state index >= 15 is 0 Å². The van der Waals surface area contributed by atoms with Crippen LogP contribution in [-0.2, 0) is 13.0 Å². The van der Waals surface area contributed by atoms with Gasteiger partial charge in [0, 0.05) is 17.0 Å². The molecule has 1 N–H and O–H groups in total. The van der Waals surface area contributed by atoms with E-state index in [1.54, 1.807) is 4.57 Å². The van der Waals surface area contributed by atoms with Gasteiger partial charge in [-0.05, 0) is 49.9 Å². The number of benzene rings is 1. The Morgan fingerprint density at radius 2 is 1.74 bits per heavy atom. The molecule has 5 heteroatoms. The Labute approximate surface area is 141 Å². The van der Waals surface area contributed by atoms with Crippen molar-refractivity contribution in [1.82, 2.24) is 9.55 Å². The zero-order valence-electron chi connectivity index (χ0n) is 14.2. The van der Waals surface area contributed by atoms with Crippen molar-refractivity contribution in [1.29, 1.82) is 0 Å². The number of hydrogen-bond acceptors (Lipinski definition) is 3. The van der Waals surface area contributed by atoms with Gasteiger partial charge in [-0.25, -0.2) is 4.79 Å². The van der Waals surface area contributed by atoms with Crippen LogP contribution in [0.2, 0.25) is 0 Å². The summed E-state index contributed by atoms with van der Waals surface area (Å²) in [7, 11) is 0. The highest BCUT2D eigenvalue weighted by atomic mass is 32.2. The third-order valence-corrected chi connectivity index (χ3v) is 4.87. The highest BCUT2D eigenvalue weighted by Gasteiger charge is 2.15. The number of nitrogens with zero attached hydrogens (tertiary/aromatic N) is 1. The van der Waals surface area contributed by atoms with Crippen LogP contribution in [0.3, 0.4) is 0 Å². The average molecular weight is 332 g/mol. The predicted molar refractivity (Wildman–Crippen MR) is 95.6 cm³/mol. The van der Waals surface area contributed by atoms with Gasteiger partial charge in [0.25, 0.3) is 5.56 Å². The van der Waals surface area contributed by atoms with E-state index < -0.39 is 0 Å². The van der Waals surface area contributed by atoms with Gasteiger partial charge in [-0.3, -0.25) is 14.3 Å². The van der Waals surface area contributed by atoms with Crippen LogP contribution in [0.25, 0.3) is 0 Å². The minimum absolute atomic E-state index is 0.267. The van der Waals surface area contributed by atoms with E-state index in [2.05, 4.69) is 44.0 Å². The first-order valence-electron chi connectivity index (χ1n) is 8.08. The summed E-state index contributed by atoms with van der Waals surface area (Å²) in [6.07, 6.45) is 2.52. The predicted octanol–water partition coefficient (Wildman–Crippen LogP) is 3.67. The lowest BCUT2D eigenvalue weighted by Gasteiger charge is -2.15. The maximum atomic E-state index is 12.3. The lowest BCUT2D eigenvalue weighted by Crippen LogP contribution is -2.33. The third kappa shape index (κ3) is 4.16. The molecule has 1 heterocycles. The summed E-state index contributed by atoms with van der Waals surface area (Å²) in [5, 5.41) is 0.778. The van der Waals surface area contributed by atoms with Gasteiger partial charge in [0.15, 0.2) is 0 Å². The largest absolute Gasteiger partial charge is 0.329 e. The van der Waals surface area contributed by atoms with Crippen molar-refractivity contribution in [2.24, 2.45) is 0 Å². The summed E-state index contributed by atoms with van der Waals surface area (Å²) in [6.45, 7) is 8.78. The first-order valence-corrected chi connectivity index (χ1v) is 8.90. The van der Waals surface area contributed by atoms with Gasteiger partial charge >= 0.3 is 5.69 Å². The Hall–Kier alpha value is -1.75. The van der Waals surface area contributed by atoms with E-state index in [0.717, 1.165) is 22.8 Å². The average Bonchev–Trinajstić information content (AvgIpc) is 2.46. The second-order valence-electron chi connectivity index (χ2n) is 5.83. The number of aromatic amines is 1.